The van der Waals surface area contributed by atoms with Crippen LogP contribution in [0, 0.1) is 10.1 Å². The van der Waals surface area contributed by atoms with E-state index in [0.29, 0.717) is 11.6 Å². The van der Waals surface area contributed by atoms with Gasteiger partial charge in [-0.15, -0.1) is 11.8 Å². The maximum Gasteiger partial charge on any atom is 0.292 e. The minimum atomic E-state index is -0.546. The Labute approximate surface area is 155 Å². The first-order chi connectivity index (χ1) is 11.9. The quantitative estimate of drug-likeness (QED) is 0.440. The number of hydrogen-bond acceptors (Lipinski definition) is 4. The summed E-state index contributed by atoms with van der Waals surface area (Å²) in [6, 6.07) is 12.2. The smallest absolute Gasteiger partial charge is 0.292 e. The molecule has 25 heavy (non-hydrogen) atoms. The second-order valence-electron chi connectivity index (χ2n) is 5.63. The molecule has 0 saturated heterocycles. The third-order valence-electron chi connectivity index (χ3n) is 3.56. The number of likely N-dealkylation sites (N-methyl/N-ethyl adjacent to an activating group) is 1. The Balaban J connectivity index is 1.97. The summed E-state index contributed by atoms with van der Waals surface area (Å²) in [5.41, 5.74) is 1.06. The number of rotatable bonds is 7. The van der Waals surface area contributed by atoms with Gasteiger partial charge in [-0.2, -0.15) is 0 Å². The first kappa shape index (κ1) is 19.2. The van der Waals surface area contributed by atoms with E-state index in [2.05, 4.69) is 5.32 Å². The lowest BCUT2D eigenvalue weighted by Gasteiger charge is -2.14. The molecule has 0 aromatic heterocycles. The van der Waals surface area contributed by atoms with Crippen molar-refractivity contribution in [2.45, 2.75) is 11.4 Å². The van der Waals surface area contributed by atoms with E-state index in [1.54, 1.807) is 11.8 Å². The van der Waals surface area contributed by atoms with Crippen molar-refractivity contribution < 1.29 is 14.6 Å². The van der Waals surface area contributed by atoms with Gasteiger partial charge in [-0.25, -0.2) is 0 Å². The summed E-state index contributed by atoms with van der Waals surface area (Å²) in [6.07, 6.45) is 2.02. The zero-order valence-electron chi connectivity index (χ0n) is 13.9. The van der Waals surface area contributed by atoms with E-state index in [1.807, 2.05) is 37.6 Å². The molecule has 1 atom stereocenters. The molecule has 1 unspecified atom stereocenters. The molecule has 0 fully saturated rings. The Morgan fingerprint density at radius 1 is 1.28 bits per heavy atom. The molecule has 0 spiro atoms. The van der Waals surface area contributed by atoms with Crippen molar-refractivity contribution in [2.75, 3.05) is 25.2 Å². The third-order valence-corrected chi connectivity index (χ3v) is 4.54. The van der Waals surface area contributed by atoms with Crippen LogP contribution in [-0.2, 0) is 11.3 Å². The Hall–Kier alpha value is -2.09. The molecular formula is C17H19ClN3O3S+. The van der Waals surface area contributed by atoms with E-state index >= 15 is 0 Å². The van der Waals surface area contributed by atoms with Crippen LogP contribution in [-0.4, -0.2) is 30.7 Å². The van der Waals surface area contributed by atoms with Gasteiger partial charge in [0.25, 0.3) is 11.6 Å². The Kier molecular flexibility index (Phi) is 6.81. The van der Waals surface area contributed by atoms with Gasteiger partial charge in [0.15, 0.2) is 6.54 Å². The predicted octanol–water partition coefficient (Wildman–Crippen LogP) is 2.62. The van der Waals surface area contributed by atoms with Gasteiger partial charge in [-0.05, 0) is 30.5 Å². The van der Waals surface area contributed by atoms with E-state index in [1.165, 1.54) is 23.1 Å². The number of amides is 1. The molecule has 132 valence electrons. The molecule has 0 radical (unpaired) electrons. The van der Waals surface area contributed by atoms with Gasteiger partial charge in [0.1, 0.15) is 12.2 Å². The molecule has 2 N–H and O–H groups in total. The van der Waals surface area contributed by atoms with Gasteiger partial charge in [0, 0.05) is 21.5 Å². The van der Waals surface area contributed by atoms with Crippen molar-refractivity contribution in [2.24, 2.45) is 0 Å². The Bertz CT molecular complexity index is 768. The molecule has 0 saturated carbocycles. The lowest BCUT2D eigenvalue weighted by Crippen LogP contribution is -3.08. The summed E-state index contributed by atoms with van der Waals surface area (Å²) in [7, 11) is 1.90. The fourth-order valence-corrected chi connectivity index (χ4v) is 2.97. The first-order valence-electron chi connectivity index (χ1n) is 7.57. The van der Waals surface area contributed by atoms with Crippen LogP contribution in [0.2, 0.25) is 5.02 Å². The third kappa shape index (κ3) is 5.74. The van der Waals surface area contributed by atoms with Crippen LogP contribution in [0.3, 0.4) is 0 Å². The number of thioether (sulfide) groups is 1. The number of benzene rings is 2. The lowest BCUT2D eigenvalue weighted by molar-refractivity contribution is -0.885. The monoisotopic (exact) mass is 380 g/mol. The Morgan fingerprint density at radius 2 is 1.96 bits per heavy atom. The fourth-order valence-electron chi connectivity index (χ4n) is 2.39. The first-order valence-corrected chi connectivity index (χ1v) is 9.17. The van der Waals surface area contributed by atoms with E-state index in [9.17, 15) is 14.9 Å². The molecule has 2 rings (SSSR count). The molecule has 1 amide bonds. The van der Waals surface area contributed by atoms with Gasteiger partial charge in [-0.3, -0.25) is 14.9 Å². The molecular weight excluding hydrogens is 362 g/mol. The summed E-state index contributed by atoms with van der Waals surface area (Å²) < 4.78 is 0. The van der Waals surface area contributed by atoms with Crippen molar-refractivity contribution in [1.29, 1.82) is 0 Å². The number of anilines is 1. The molecule has 2 aromatic rings. The number of nitro groups is 1. The number of nitro benzene ring substituents is 1. The van der Waals surface area contributed by atoms with E-state index < -0.39 is 4.92 Å². The standard InChI is InChI=1S/C17H18ClN3O3S/c1-20(10-12-3-6-14(25-2)7-4-12)11-17(22)19-15-9-13(18)5-8-16(15)21(23)24/h3-9H,10-11H2,1-2H3,(H,19,22)/p+1. The van der Waals surface area contributed by atoms with E-state index in [0.717, 1.165) is 10.5 Å². The summed E-state index contributed by atoms with van der Waals surface area (Å²) in [5.74, 6) is -0.302. The fraction of sp³-hybridized carbons (Fsp3) is 0.235. The number of carbonyl (C=O) groups is 1. The highest BCUT2D eigenvalue weighted by Crippen LogP contribution is 2.27. The van der Waals surface area contributed by atoms with Crippen molar-refractivity contribution >= 4 is 40.6 Å². The highest BCUT2D eigenvalue weighted by molar-refractivity contribution is 7.98. The van der Waals surface area contributed by atoms with Crippen molar-refractivity contribution in [1.82, 2.24) is 0 Å². The molecule has 0 aliphatic carbocycles. The van der Waals surface area contributed by atoms with Gasteiger partial charge in [0.2, 0.25) is 0 Å². The molecule has 2 aromatic carbocycles. The number of halogens is 1. The lowest BCUT2D eigenvalue weighted by atomic mass is 10.2. The van der Waals surface area contributed by atoms with Crippen LogP contribution in [0.25, 0.3) is 0 Å². The van der Waals surface area contributed by atoms with Crippen LogP contribution in [0.15, 0.2) is 47.4 Å². The molecule has 0 bridgehead atoms. The van der Waals surface area contributed by atoms with Gasteiger partial charge in [0.05, 0.1) is 12.0 Å². The van der Waals surface area contributed by atoms with Crippen LogP contribution < -0.4 is 10.2 Å². The maximum atomic E-state index is 12.2. The summed E-state index contributed by atoms with van der Waals surface area (Å²) in [5, 5.41) is 13.9. The molecule has 0 aliphatic rings. The maximum absolute atomic E-state index is 12.2. The van der Waals surface area contributed by atoms with Crippen LogP contribution in [0.4, 0.5) is 11.4 Å². The SMILES string of the molecule is CSc1ccc(C[NH+](C)CC(=O)Nc2cc(Cl)ccc2[N+](=O)[O-])cc1. The second-order valence-corrected chi connectivity index (χ2v) is 6.94. The normalized spacial score (nSPS) is 11.8. The average Bonchev–Trinajstić information content (AvgIpc) is 2.55. The van der Waals surface area contributed by atoms with Crippen molar-refractivity contribution in [3.63, 3.8) is 0 Å². The average molecular weight is 381 g/mol. The highest BCUT2D eigenvalue weighted by Gasteiger charge is 2.18. The minimum Gasteiger partial charge on any atom is -0.326 e. The summed E-state index contributed by atoms with van der Waals surface area (Å²) >= 11 is 7.54. The second kappa shape index (κ2) is 8.84. The van der Waals surface area contributed by atoms with Gasteiger partial charge in [-0.1, -0.05) is 23.7 Å². The number of quaternary nitrogens is 1. The highest BCUT2D eigenvalue weighted by atomic mass is 35.5. The van der Waals surface area contributed by atoms with Gasteiger partial charge >= 0.3 is 0 Å². The van der Waals surface area contributed by atoms with Crippen LogP contribution in [0.5, 0.6) is 0 Å². The van der Waals surface area contributed by atoms with Gasteiger partial charge < -0.3 is 10.2 Å². The Morgan fingerprint density at radius 3 is 2.56 bits per heavy atom. The topological polar surface area (TPSA) is 76.7 Å². The molecule has 0 aliphatic heterocycles. The summed E-state index contributed by atoms with van der Waals surface area (Å²) in [4.78, 5) is 24.8. The number of nitrogens with zero attached hydrogens (tertiary/aromatic N) is 1. The van der Waals surface area contributed by atoms with E-state index in [-0.39, 0.29) is 23.8 Å². The molecule has 8 heteroatoms. The zero-order chi connectivity index (χ0) is 18.4. The largest absolute Gasteiger partial charge is 0.326 e. The van der Waals surface area contributed by atoms with Crippen molar-refractivity contribution in [3.8, 4) is 0 Å². The number of hydrogen-bond donors (Lipinski definition) is 2. The van der Waals surface area contributed by atoms with Crippen LogP contribution in [0.1, 0.15) is 5.56 Å². The zero-order valence-corrected chi connectivity index (χ0v) is 15.5. The predicted molar refractivity (Wildman–Crippen MR) is 100 cm³/mol. The minimum absolute atomic E-state index is 0.111. The van der Waals surface area contributed by atoms with E-state index in [4.69, 9.17) is 11.6 Å². The number of carbonyl (C=O) groups excluding carboxylic acids is 1. The molecule has 0 heterocycles. The summed E-state index contributed by atoms with van der Waals surface area (Å²) in [6.45, 7) is 0.869. The number of nitrogens with one attached hydrogen (secondary N) is 2. The molecule has 6 nitrogen and oxygen atoms in total. The van der Waals surface area contributed by atoms with Crippen LogP contribution >= 0.6 is 23.4 Å². The van der Waals surface area contributed by atoms with Crippen molar-refractivity contribution in [3.05, 3.63) is 63.2 Å².